The Hall–Kier alpha value is -2.38. The molecule has 0 unspecified atom stereocenters. The summed E-state index contributed by atoms with van der Waals surface area (Å²) in [6.45, 7) is 3.27. The van der Waals surface area contributed by atoms with Crippen LogP contribution in [-0.4, -0.2) is 65.6 Å². The van der Waals surface area contributed by atoms with Gasteiger partial charge in [-0.25, -0.2) is 4.39 Å². The van der Waals surface area contributed by atoms with E-state index in [0.29, 0.717) is 38.2 Å². The van der Waals surface area contributed by atoms with E-state index in [2.05, 4.69) is 9.80 Å². The van der Waals surface area contributed by atoms with Crippen molar-refractivity contribution in [2.24, 2.45) is 0 Å². The lowest BCUT2D eigenvalue weighted by Crippen LogP contribution is -2.55. The molecule has 2 atom stereocenters. The molecule has 1 aromatic carbocycles. The third kappa shape index (κ3) is 3.61. The highest BCUT2D eigenvalue weighted by atomic mass is 19.1. The van der Waals surface area contributed by atoms with Crippen molar-refractivity contribution in [2.75, 3.05) is 37.6 Å². The lowest BCUT2D eigenvalue weighted by atomic mass is 9.84. The molecule has 3 saturated heterocycles. The molecule has 0 radical (unpaired) electrons. The maximum absolute atomic E-state index is 13.1. The van der Waals surface area contributed by atoms with E-state index < -0.39 is 5.60 Å². The molecule has 2 bridgehead atoms. The summed E-state index contributed by atoms with van der Waals surface area (Å²) < 4.78 is 18.6. The number of benzene rings is 1. The van der Waals surface area contributed by atoms with Crippen LogP contribution < -0.4 is 4.90 Å². The predicted octanol–water partition coefficient (Wildman–Crippen LogP) is 2.58. The van der Waals surface area contributed by atoms with Crippen LogP contribution in [-0.2, 0) is 10.4 Å². The molecule has 1 N–H and O–H groups in total. The second-order valence-corrected chi connectivity index (χ2v) is 8.82. The number of piperidine rings is 1. The minimum atomic E-state index is -0.921. The summed E-state index contributed by atoms with van der Waals surface area (Å²) in [5.74, 6) is 0.569. The van der Waals surface area contributed by atoms with E-state index in [9.17, 15) is 14.3 Å². The maximum atomic E-state index is 13.1. The fourth-order valence-electron chi connectivity index (χ4n) is 5.44. The zero-order chi connectivity index (χ0) is 20.7. The first kappa shape index (κ1) is 19.6. The van der Waals surface area contributed by atoms with Crippen LogP contribution in [0.2, 0.25) is 0 Å². The van der Waals surface area contributed by atoms with Crippen molar-refractivity contribution in [2.45, 2.75) is 43.4 Å². The molecule has 5 rings (SSSR count). The van der Waals surface area contributed by atoms with Crippen LogP contribution in [0.3, 0.4) is 0 Å². The Labute approximate surface area is 175 Å². The van der Waals surface area contributed by atoms with Gasteiger partial charge in [-0.15, -0.1) is 0 Å². The molecule has 0 saturated carbocycles. The van der Waals surface area contributed by atoms with E-state index in [1.54, 1.807) is 18.4 Å². The Kier molecular flexibility index (Phi) is 5.03. The number of halogens is 1. The first-order chi connectivity index (χ1) is 14.5. The van der Waals surface area contributed by atoms with Gasteiger partial charge in [-0.1, -0.05) is 0 Å². The Morgan fingerprint density at radius 3 is 2.33 bits per heavy atom. The lowest BCUT2D eigenvalue weighted by molar-refractivity contribution is -0.136. The molecule has 3 fully saturated rings. The monoisotopic (exact) mass is 413 g/mol. The Balaban J connectivity index is 1.17. The maximum Gasteiger partial charge on any atom is 0.236 e. The standard InChI is InChI=1S/C23H28FN3O3/c24-17-3-5-18(6-4-17)25-9-11-26(12-10-25)22(28)16-27-19-7-8-20(27)15-23(29,14-19)21-2-1-13-30-21/h1-6,13,19-20,29H,7-12,14-16H2/t19-,20-/m0/s1. The Bertz CT molecular complexity index is 864. The highest BCUT2D eigenvalue weighted by Crippen LogP contribution is 2.45. The van der Waals surface area contributed by atoms with Crippen LogP contribution in [0, 0.1) is 5.82 Å². The van der Waals surface area contributed by atoms with Gasteiger partial charge in [0.25, 0.3) is 0 Å². The van der Waals surface area contributed by atoms with E-state index in [1.807, 2.05) is 17.0 Å². The minimum Gasteiger partial charge on any atom is -0.466 e. The second-order valence-electron chi connectivity index (χ2n) is 8.82. The first-order valence-corrected chi connectivity index (χ1v) is 10.8. The average Bonchev–Trinajstić information content (AvgIpc) is 3.37. The van der Waals surface area contributed by atoms with Gasteiger partial charge >= 0.3 is 0 Å². The molecule has 0 aliphatic carbocycles. The van der Waals surface area contributed by atoms with Crippen molar-refractivity contribution in [3.63, 3.8) is 0 Å². The highest BCUT2D eigenvalue weighted by Gasteiger charge is 2.50. The van der Waals surface area contributed by atoms with Crippen LogP contribution in [0.5, 0.6) is 0 Å². The van der Waals surface area contributed by atoms with Crippen molar-refractivity contribution in [3.05, 3.63) is 54.2 Å². The number of fused-ring (bicyclic) bond motifs is 2. The van der Waals surface area contributed by atoms with Crippen molar-refractivity contribution in [1.82, 2.24) is 9.80 Å². The number of nitrogens with zero attached hydrogens (tertiary/aromatic N) is 3. The lowest BCUT2D eigenvalue weighted by Gasteiger charge is -2.43. The van der Waals surface area contributed by atoms with Gasteiger partial charge in [-0.2, -0.15) is 0 Å². The topological polar surface area (TPSA) is 60.2 Å². The van der Waals surface area contributed by atoms with E-state index in [1.165, 1.54) is 12.1 Å². The molecule has 3 aliphatic rings. The minimum absolute atomic E-state index is 0.161. The fraction of sp³-hybridized carbons (Fsp3) is 0.522. The number of rotatable bonds is 4. The SMILES string of the molecule is O=C(CN1[C@H]2CC[C@H]1CC(O)(c1ccco1)C2)N1CCN(c2ccc(F)cc2)CC1. The third-order valence-electron chi connectivity index (χ3n) is 7.04. The number of hydrogen-bond acceptors (Lipinski definition) is 5. The number of aliphatic hydroxyl groups is 1. The van der Waals surface area contributed by atoms with E-state index in [0.717, 1.165) is 31.6 Å². The Morgan fingerprint density at radius 2 is 1.73 bits per heavy atom. The van der Waals surface area contributed by atoms with Gasteiger partial charge in [0.15, 0.2) is 0 Å². The summed E-state index contributed by atoms with van der Waals surface area (Å²) in [6.07, 6.45) is 4.86. The van der Waals surface area contributed by atoms with Crippen LogP contribution in [0.4, 0.5) is 10.1 Å². The first-order valence-electron chi connectivity index (χ1n) is 10.8. The molecule has 7 heteroatoms. The number of piperazine rings is 1. The normalized spacial score (nSPS) is 29.4. The van der Waals surface area contributed by atoms with E-state index >= 15 is 0 Å². The number of hydrogen-bond donors (Lipinski definition) is 1. The molecule has 160 valence electrons. The van der Waals surface area contributed by atoms with E-state index in [4.69, 9.17) is 4.42 Å². The van der Waals surface area contributed by atoms with Crippen molar-refractivity contribution in [1.29, 1.82) is 0 Å². The molecular weight excluding hydrogens is 385 g/mol. The average molecular weight is 413 g/mol. The molecule has 30 heavy (non-hydrogen) atoms. The molecule has 6 nitrogen and oxygen atoms in total. The number of anilines is 1. The fourth-order valence-corrected chi connectivity index (χ4v) is 5.44. The van der Waals surface area contributed by atoms with Crippen molar-refractivity contribution in [3.8, 4) is 0 Å². The largest absolute Gasteiger partial charge is 0.466 e. The van der Waals surface area contributed by atoms with Gasteiger partial charge in [0, 0.05) is 44.0 Å². The molecule has 3 aliphatic heterocycles. The summed E-state index contributed by atoms with van der Waals surface area (Å²) in [6, 6.07) is 10.6. The van der Waals surface area contributed by atoms with Crippen molar-refractivity contribution >= 4 is 11.6 Å². The van der Waals surface area contributed by atoms with Gasteiger partial charge < -0.3 is 19.3 Å². The molecular formula is C23H28FN3O3. The smallest absolute Gasteiger partial charge is 0.236 e. The summed E-state index contributed by atoms with van der Waals surface area (Å²) in [5, 5.41) is 11.1. The van der Waals surface area contributed by atoms with Gasteiger partial charge in [-0.05, 0) is 62.1 Å². The molecule has 4 heterocycles. The van der Waals surface area contributed by atoms with Gasteiger partial charge in [0.05, 0.1) is 12.8 Å². The molecule has 1 amide bonds. The molecule has 1 aromatic heterocycles. The Morgan fingerprint density at radius 1 is 1.07 bits per heavy atom. The highest BCUT2D eigenvalue weighted by molar-refractivity contribution is 5.78. The van der Waals surface area contributed by atoms with Crippen LogP contribution >= 0.6 is 0 Å². The number of carbonyl (C=O) groups is 1. The summed E-state index contributed by atoms with van der Waals surface area (Å²) in [7, 11) is 0. The summed E-state index contributed by atoms with van der Waals surface area (Å²) in [4.78, 5) is 19.4. The second kappa shape index (κ2) is 7.71. The van der Waals surface area contributed by atoms with Crippen LogP contribution in [0.25, 0.3) is 0 Å². The molecule has 0 spiro atoms. The zero-order valence-corrected chi connectivity index (χ0v) is 17.0. The van der Waals surface area contributed by atoms with Gasteiger partial charge in [0.1, 0.15) is 17.2 Å². The predicted molar refractivity (Wildman–Crippen MR) is 111 cm³/mol. The van der Waals surface area contributed by atoms with Crippen molar-refractivity contribution < 1.29 is 18.7 Å². The van der Waals surface area contributed by atoms with Gasteiger partial charge in [0.2, 0.25) is 5.91 Å². The van der Waals surface area contributed by atoms with E-state index in [-0.39, 0.29) is 23.8 Å². The number of furan rings is 1. The number of amides is 1. The van der Waals surface area contributed by atoms with Gasteiger partial charge in [-0.3, -0.25) is 9.69 Å². The summed E-state index contributed by atoms with van der Waals surface area (Å²) >= 11 is 0. The third-order valence-corrected chi connectivity index (χ3v) is 7.04. The quantitative estimate of drug-likeness (QED) is 0.835. The number of carbonyl (C=O) groups excluding carboxylic acids is 1. The molecule has 2 aromatic rings. The summed E-state index contributed by atoms with van der Waals surface area (Å²) in [5.41, 5.74) is 0.0742. The van der Waals surface area contributed by atoms with Crippen LogP contribution in [0.1, 0.15) is 31.4 Å². The van der Waals surface area contributed by atoms with Crippen LogP contribution in [0.15, 0.2) is 47.1 Å². The zero-order valence-electron chi connectivity index (χ0n) is 17.0.